The lowest BCUT2D eigenvalue weighted by Crippen LogP contribution is -2.50. The fourth-order valence-corrected chi connectivity index (χ4v) is 4.49. The van der Waals surface area contributed by atoms with E-state index in [9.17, 15) is 14.7 Å². The van der Waals surface area contributed by atoms with Gasteiger partial charge in [-0.15, -0.1) is 0 Å². The van der Waals surface area contributed by atoms with Crippen LogP contribution in [0.5, 0.6) is 5.75 Å². The number of nitrogens with one attached hydrogen (secondary N) is 2. The quantitative estimate of drug-likeness (QED) is 0.533. The summed E-state index contributed by atoms with van der Waals surface area (Å²) < 4.78 is 6.54. The van der Waals surface area contributed by atoms with E-state index < -0.39 is 6.03 Å². The summed E-state index contributed by atoms with van der Waals surface area (Å²) in [6, 6.07) is 13.6. The average Bonchev–Trinajstić information content (AvgIpc) is 3.65. The second kappa shape index (κ2) is 11.1. The highest BCUT2D eigenvalue weighted by molar-refractivity contribution is 6.04. The summed E-state index contributed by atoms with van der Waals surface area (Å²) >= 11 is 0. The third-order valence-corrected chi connectivity index (χ3v) is 6.73. The number of anilines is 2. The van der Waals surface area contributed by atoms with Crippen LogP contribution in [0.15, 0.2) is 48.5 Å². The van der Waals surface area contributed by atoms with Crippen LogP contribution in [0.3, 0.4) is 0 Å². The highest BCUT2D eigenvalue weighted by atomic mass is 16.5. The molecule has 1 fully saturated rings. The Labute approximate surface area is 207 Å². The van der Waals surface area contributed by atoms with Gasteiger partial charge in [0.25, 0.3) is 5.91 Å². The summed E-state index contributed by atoms with van der Waals surface area (Å²) in [6.45, 7) is 6.00. The first-order valence-corrected chi connectivity index (χ1v) is 12.4. The van der Waals surface area contributed by atoms with Crippen LogP contribution in [0.2, 0.25) is 0 Å². The lowest BCUT2D eigenvalue weighted by Gasteiger charge is -2.38. The SMILES string of the molecule is C[C@@H]1CN([C@H](C)CO)C(=O)c2cccc(NC(=O)Nc3ccccc3)c2O[C@H]1CN(C)CC1CC1. The third kappa shape index (κ3) is 6.32. The molecule has 1 aliphatic carbocycles. The van der Waals surface area contributed by atoms with Crippen LogP contribution in [-0.4, -0.2) is 72.3 Å². The molecular weight excluding hydrogens is 444 g/mol. The first-order valence-electron chi connectivity index (χ1n) is 12.4. The van der Waals surface area contributed by atoms with Crippen molar-refractivity contribution in [3.8, 4) is 5.75 Å². The van der Waals surface area contributed by atoms with Crippen molar-refractivity contribution in [2.75, 3.05) is 43.9 Å². The van der Waals surface area contributed by atoms with Crippen LogP contribution in [0.1, 0.15) is 37.0 Å². The summed E-state index contributed by atoms with van der Waals surface area (Å²) in [5.41, 5.74) is 1.48. The van der Waals surface area contributed by atoms with Crippen molar-refractivity contribution < 1.29 is 19.4 Å². The second-order valence-electron chi connectivity index (χ2n) is 9.91. The number of urea groups is 1. The zero-order valence-electron chi connectivity index (χ0n) is 20.7. The van der Waals surface area contributed by atoms with Gasteiger partial charge in [-0.3, -0.25) is 4.79 Å². The number of rotatable bonds is 8. The van der Waals surface area contributed by atoms with Crippen molar-refractivity contribution in [1.82, 2.24) is 9.80 Å². The first kappa shape index (κ1) is 25.0. The fourth-order valence-electron chi connectivity index (χ4n) is 4.49. The molecule has 8 heteroatoms. The number of nitrogens with zero attached hydrogens (tertiary/aromatic N) is 2. The van der Waals surface area contributed by atoms with E-state index in [0.29, 0.717) is 35.8 Å². The first-order chi connectivity index (χ1) is 16.9. The molecule has 1 aliphatic heterocycles. The second-order valence-corrected chi connectivity index (χ2v) is 9.91. The Bertz CT molecular complexity index is 1030. The molecule has 1 saturated carbocycles. The minimum Gasteiger partial charge on any atom is -0.486 e. The van der Waals surface area contributed by atoms with Gasteiger partial charge in [-0.05, 0) is 57.0 Å². The lowest BCUT2D eigenvalue weighted by molar-refractivity contribution is 0.0346. The Morgan fingerprint density at radius 3 is 2.57 bits per heavy atom. The van der Waals surface area contributed by atoms with E-state index in [2.05, 4.69) is 29.5 Å². The van der Waals surface area contributed by atoms with Crippen molar-refractivity contribution in [2.24, 2.45) is 11.8 Å². The zero-order chi connectivity index (χ0) is 24.9. The van der Waals surface area contributed by atoms with Gasteiger partial charge >= 0.3 is 6.03 Å². The highest BCUT2D eigenvalue weighted by Crippen LogP contribution is 2.35. The van der Waals surface area contributed by atoms with Gasteiger partial charge in [-0.1, -0.05) is 31.2 Å². The highest BCUT2D eigenvalue weighted by Gasteiger charge is 2.35. The number of benzene rings is 2. The predicted octanol–water partition coefficient (Wildman–Crippen LogP) is 3.89. The average molecular weight is 481 g/mol. The van der Waals surface area contributed by atoms with E-state index in [1.54, 1.807) is 35.2 Å². The fraction of sp³-hybridized carbons (Fsp3) is 0.481. The molecule has 8 nitrogen and oxygen atoms in total. The molecule has 3 atom stereocenters. The molecule has 1 heterocycles. The van der Waals surface area contributed by atoms with Crippen molar-refractivity contribution in [1.29, 1.82) is 0 Å². The number of hydrogen-bond donors (Lipinski definition) is 3. The number of ether oxygens (including phenoxy) is 1. The number of aliphatic hydroxyl groups is 1. The van der Waals surface area contributed by atoms with E-state index in [4.69, 9.17) is 4.74 Å². The molecule has 0 aromatic heterocycles. The largest absolute Gasteiger partial charge is 0.486 e. The molecule has 0 unspecified atom stereocenters. The Morgan fingerprint density at radius 2 is 1.89 bits per heavy atom. The monoisotopic (exact) mass is 480 g/mol. The number of para-hydroxylation sites is 2. The summed E-state index contributed by atoms with van der Waals surface area (Å²) in [6.07, 6.45) is 2.35. The lowest BCUT2D eigenvalue weighted by atomic mass is 9.99. The van der Waals surface area contributed by atoms with Crippen LogP contribution >= 0.6 is 0 Å². The number of amides is 3. The summed E-state index contributed by atoms with van der Waals surface area (Å²) in [4.78, 5) is 30.3. The maximum absolute atomic E-state index is 13.5. The van der Waals surface area contributed by atoms with Gasteiger partial charge in [0.1, 0.15) is 6.10 Å². The zero-order valence-corrected chi connectivity index (χ0v) is 20.7. The predicted molar refractivity (Wildman–Crippen MR) is 137 cm³/mol. The molecule has 0 saturated heterocycles. The minimum atomic E-state index is -0.418. The molecular formula is C27H36N4O4. The minimum absolute atomic E-state index is 0.0222. The molecule has 0 spiro atoms. The van der Waals surface area contributed by atoms with Crippen molar-refractivity contribution >= 4 is 23.3 Å². The topological polar surface area (TPSA) is 94.1 Å². The van der Waals surface area contributed by atoms with Gasteiger partial charge in [0, 0.05) is 31.2 Å². The molecule has 35 heavy (non-hydrogen) atoms. The Hall–Kier alpha value is -3.10. The van der Waals surface area contributed by atoms with Gasteiger partial charge < -0.3 is 30.3 Å². The van der Waals surface area contributed by atoms with E-state index in [-0.39, 0.29) is 30.6 Å². The molecule has 2 aliphatic rings. The molecule has 3 N–H and O–H groups in total. The van der Waals surface area contributed by atoms with Crippen molar-refractivity contribution in [2.45, 2.75) is 38.8 Å². The molecule has 0 bridgehead atoms. The maximum atomic E-state index is 13.5. The molecule has 0 radical (unpaired) electrons. The van der Waals surface area contributed by atoms with Crippen LogP contribution in [0.25, 0.3) is 0 Å². The van der Waals surface area contributed by atoms with Gasteiger partial charge in [0.2, 0.25) is 0 Å². The Morgan fingerprint density at radius 1 is 1.14 bits per heavy atom. The van der Waals surface area contributed by atoms with Crippen molar-refractivity contribution in [3.05, 3.63) is 54.1 Å². The Kier molecular flexibility index (Phi) is 7.93. The summed E-state index contributed by atoms with van der Waals surface area (Å²) in [5.74, 6) is 0.925. The van der Waals surface area contributed by atoms with Crippen LogP contribution < -0.4 is 15.4 Å². The smallest absolute Gasteiger partial charge is 0.323 e. The van der Waals surface area contributed by atoms with Gasteiger partial charge in [0.05, 0.1) is 23.9 Å². The van der Waals surface area contributed by atoms with Gasteiger partial charge in [-0.2, -0.15) is 0 Å². The standard InChI is InChI=1S/C27H36N4O4/c1-18-14-31(19(2)17-32)26(33)22-10-7-11-23(29-27(34)28-21-8-5-4-6-9-21)25(22)35-24(18)16-30(3)15-20-12-13-20/h4-11,18-20,24,32H,12-17H2,1-3H3,(H2,28,29,34)/t18-,19-,24+/m1/s1. The summed E-state index contributed by atoms with van der Waals surface area (Å²) in [7, 11) is 2.10. The number of carbonyl (C=O) groups is 2. The van der Waals surface area contributed by atoms with Gasteiger partial charge in [0.15, 0.2) is 5.75 Å². The molecule has 2 aromatic carbocycles. The van der Waals surface area contributed by atoms with Crippen LogP contribution in [-0.2, 0) is 0 Å². The third-order valence-electron chi connectivity index (χ3n) is 6.73. The number of aliphatic hydroxyl groups excluding tert-OH is 1. The van der Waals surface area contributed by atoms with Crippen LogP contribution in [0.4, 0.5) is 16.2 Å². The maximum Gasteiger partial charge on any atom is 0.323 e. The van der Waals surface area contributed by atoms with Gasteiger partial charge in [-0.25, -0.2) is 4.79 Å². The van der Waals surface area contributed by atoms with E-state index >= 15 is 0 Å². The molecule has 188 valence electrons. The van der Waals surface area contributed by atoms with Crippen LogP contribution in [0, 0.1) is 11.8 Å². The van der Waals surface area contributed by atoms with E-state index in [0.717, 1.165) is 12.5 Å². The molecule has 2 aromatic rings. The molecule has 3 amide bonds. The Balaban J connectivity index is 1.63. The number of likely N-dealkylation sites (N-methyl/N-ethyl adjacent to an activating group) is 1. The number of carbonyl (C=O) groups excluding carboxylic acids is 2. The van der Waals surface area contributed by atoms with Crippen molar-refractivity contribution in [3.63, 3.8) is 0 Å². The number of fused-ring (bicyclic) bond motifs is 1. The van der Waals surface area contributed by atoms with E-state index in [1.165, 1.54) is 12.8 Å². The van der Waals surface area contributed by atoms with E-state index in [1.807, 2.05) is 25.1 Å². The normalized spacial score (nSPS) is 20.9. The summed E-state index contributed by atoms with van der Waals surface area (Å²) in [5, 5.41) is 15.5. The number of hydrogen-bond acceptors (Lipinski definition) is 5. The molecule has 4 rings (SSSR count).